The molecule has 4 rings (SSSR count). The first-order chi connectivity index (χ1) is 15.0. The van der Waals surface area contributed by atoms with Crippen LogP contribution in [0.2, 0.25) is 0 Å². The van der Waals surface area contributed by atoms with Gasteiger partial charge >= 0.3 is 0 Å². The summed E-state index contributed by atoms with van der Waals surface area (Å²) in [5.74, 6) is -0.221. The van der Waals surface area contributed by atoms with Gasteiger partial charge in [0.2, 0.25) is 10.0 Å². The molecule has 0 spiro atoms. The van der Waals surface area contributed by atoms with E-state index in [1.54, 1.807) is 47.0 Å². The molecule has 1 N–H and O–H groups in total. The number of aryl methyl sites for hydroxylation is 1. The summed E-state index contributed by atoms with van der Waals surface area (Å²) in [6.45, 7) is 2.36. The van der Waals surface area contributed by atoms with Crippen LogP contribution in [0, 0.1) is 6.92 Å². The van der Waals surface area contributed by atoms with Crippen LogP contribution in [0.25, 0.3) is 0 Å². The Balaban J connectivity index is 1.55. The van der Waals surface area contributed by atoms with Gasteiger partial charge < -0.3 is 5.32 Å². The van der Waals surface area contributed by atoms with Gasteiger partial charge in [0.1, 0.15) is 0 Å². The maximum absolute atomic E-state index is 13.4. The Bertz CT molecular complexity index is 1160. The van der Waals surface area contributed by atoms with E-state index in [-0.39, 0.29) is 16.8 Å². The Morgan fingerprint density at radius 3 is 2.52 bits per heavy atom. The molecule has 0 bridgehead atoms. The number of carbonyl (C=O) groups is 1. The summed E-state index contributed by atoms with van der Waals surface area (Å²) in [7, 11) is -3.67. The molecule has 1 atom stereocenters. The molecule has 3 aromatic rings. The molecule has 2 aromatic carbocycles. The van der Waals surface area contributed by atoms with Crippen LogP contribution in [0.1, 0.15) is 46.8 Å². The van der Waals surface area contributed by atoms with Crippen molar-refractivity contribution in [2.45, 2.75) is 37.1 Å². The van der Waals surface area contributed by atoms with Crippen molar-refractivity contribution in [2.24, 2.45) is 0 Å². The van der Waals surface area contributed by atoms with Crippen molar-refractivity contribution >= 4 is 21.6 Å². The maximum atomic E-state index is 13.4. The average Bonchev–Trinajstić information content (AvgIpc) is 2.80. The summed E-state index contributed by atoms with van der Waals surface area (Å²) < 4.78 is 28.4. The summed E-state index contributed by atoms with van der Waals surface area (Å²) in [5.41, 5.74) is 2.93. The van der Waals surface area contributed by atoms with E-state index in [4.69, 9.17) is 0 Å². The predicted octanol–water partition coefficient (Wildman–Crippen LogP) is 4.56. The summed E-state index contributed by atoms with van der Waals surface area (Å²) in [4.78, 5) is 16.9. The van der Waals surface area contributed by atoms with Crippen LogP contribution >= 0.6 is 0 Å². The lowest BCUT2D eigenvalue weighted by atomic mass is 9.99. The maximum Gasteiger partial charge on any atom is 0.255 e. The van der Waals surface area contributed by atoms with E-state index < -0.39 is 10.0 Å². The first kappa shape index (κ1) is 21.2. The summed E-state index contributed by atoms with van der Waals surface area (Å²) in [6.07, 6.45) is 6.02. The smallest absolute Gasteiger partial charge is 0.255 e. The van der Waals surface area contributed by atoms with Gasteiger partial charge in [-0.25, -0.2) is 8.42 Å². The lowest BCUT2D eigenvalue weighted by Crippen LogP contribution is -2.38. The molecule has 1 aliphatic heterocycles. The second-order valence-electron chi connectivity index (χ2n) is 7.71. The molecule has 1 saturated heterocycles. The van der Waals surface area contributed by atoms with Gasteiger partial charge in [-0.05, 0) is 67.3 Å². The van der Waals surface area contributed by atoms with E-state index in [2.05, 4.69) is 10.3 Å². The number of nitrogens with one attached hydrogen (secondary N) is 1. The fourth-order valence-corrected chi connectivity index (χ4v) is 5.65. The van der Waals surface area contributed by atoms with Crippen molar-refractivity contribution in [1.82, 2.24) is 9.29 Å². The van der Waals surface area contributed by atoms with Gasteiger partial charge in [0.15, 0.2) is 0 Å². The monoisotopic (exact) mass is 435 g/mol. The Labute approximate surface area is 183 Å². The van der Waals surface area contributed by atoms with Gasteiger partial charge in [-0.15, -0.1) is 0 Å². The van der Waals surface area contributed by atoms with E-state index in [9.17, 15) is 13.2 Å². The highest BCUT2D eigenvalue weighted by Crippen LogP contribution is 2.35. The highest BCUT2D eigenvalue weighted by Gasteiger charge is 2.34. The lowest BCUT2D eigenvalue weighted by molar-refractivity contribution is 0.102. The molecule has 1 amide bonds. The van der Waals surface area contributed by atoms with Gasteiger partial charge in [0.05, 0.1) is 10.9 Å². The number of pyridine rings is 1. The molecule has 31 heavy (non-hydrogen) atoms. The average molecular weight is 436 g/mol. The third kappa shape index (κ3) is 4.52. The van der Waals surface area contributed by atoms with E-state index in [1.807, 2.05) is 37.3 Å². The van der Waals surface area contributed by atoms with Crippen LogP contribution < -0.4 is 5.32 Å². The quantitative estimate of drug-likeness (QED) is 0.637. The predicted molar refractivity (Wildman–Crippen MR) is 120 cm³/mol. The second-order valence-corrected chi connectivity index (χ2v) is 9.60. The van der Waals surface area contributed by atoms with Gasteiger partial charge in [0, 0.05) is 30.2 Å². The number of benzene rings is 2. The fourth-order valence-electron chi connectivity index (χ4n) is 3.97. The zero-order chi connectivity index (χ0) is 21.8. The van der Waals surface area contributed by atoms with Crippen molar-refractivity contribution in [2.75, 3.05) is 11.9 Å². The largest absolute Gasteiger partial charge is 0.322 e. The molecule has 0 saturated carbocycles. The molecule has 6 nitrogen and oxygen atoms in total. The molecule has 7 heteroatoms. The number of rotatable bonds is 5. The van der Waals surface area contributed by atoms with Crippen LogP contribution in [-0.2, 0) is 10.0 Å². The second kappa shape index (κ2) is 8.99. The number of aromatic nitrogens is 1. The van der Waals surface area contributed by atoms with E-state index in [0.29, 0.717) is 17.8 Å². The summed E-state index contributed by atoms with van der Waals surface area (Å²) in [6, 6.07) is 17.2. The van der Waals surface area contributed by atoms with E-state index in [0.717, 1.165) is 30.4 Å². The Morgan fingerprint density at radius 1 is 1.03 bits per heavy atom. The normalized spacial score (nSPS) is 17.3. The standard InChI is InChI=1S/C24H25N3O3S/c1-18-7-2-3-9-22(18)24(28)26-20-11-13-21(14-12-20)31(29,30)27-16-5-4-10-23(27)19-8-6-15-25-17-19/h2-3,6-9,11-15,17,23H,4-5,10,16H2,1H3,(H,26,28)/t23-/m0/s1. The first-order valence-electron chi connectivity index (χ1n) is 10.4. The number of sulfonamides is 1. The fraction of sp³-hybridized carbons (Fsp3) is 0.250. The van der Waals surface area contributed by atoms with Crippen LogP contribution in [-0.4, -0.2) is 30.2 Å². The Hall–Kier alpha value is -3.03. The van der Waals surface area contributed by atoms with Crippen molar-refractivity contribution in [3.8, 4) is 0 Å². The third-order valence-corrected chi connectivity index (χ3v) is 7.55. The van der Waals surface area contributed by atoms with Gasteiger partial charge in [-0.2, -0.15) is 4.31 Å². The molecular weight excluding hydrogens is 410 g/mol. The summed E-state index contributed by atoms with van der Waals surface area (Å²) >= 11 is 0. The van der Waals surface area contributed by atoms with Crippen molar-refractivity contribution < 1.29 is 13.2 Å². The number of anilines is 1. The van der Waals surface area contributed by atoms with Crippen LogP contribution in [0.4, 0.5) is 5.69 Å². The summed E-state index contributed by atoms with van der Waals surface area (Å²) in [5, 5.41) is 2.84. The first-order valence-corrected chi connectivity index (χ1v) is 11.8. The van der Waals surface area contributed by atoms with Crippen molar-refractivity contribution in [3.05, 3.63) is 89.7 Å². The van der Waals surface area contributed by atoms with E-state index >= 15 is 0 Å². The third-order valence-electron chi connectivity index (χ3n) is 5.63. The van der Waals surface area contributed by atoms with Crippen LogP contribution in [0.5, 0.6) is 0 Å². The lowest BCUT2D eigenvalue weighted by Gasteiger charge is -2.34. The van der Waals surface area contributed by atoms with Crippen LogP contribution in [0.3, 0.4) is 0 Å². The Morgan fingerprint density at radius 2 is 1.81 bits per heavy atom. The number of nitrogens with zero attached hydrogens (tertiary/aromatic N) is 2. The highest BCUT2D eigenvalue weighted by atomic mass is 32.2. The number of piperidine rings is 1. The minimum Gasteiger partial charge on any atom is -0.322 e. The topological polar surface area (TPSA) is 79.4 Å². The number of carbonyl (C=O) groups excluding carboxylic acids is 1. The van der Waals surface area contributed by atoms with E-state index in [1.165, 1.54) is 0 Å². The molecule has 160 valence electrons. The minimum atomic E-state index is -3.67. The number of amides is 1. The SMILES string of the molecule is Cc1ccccc1C(=O)Nc1ccc(S(=O)(=O)N2CCCC[C@H]2c2cccnc2)cc1. The van der Waals surface area contributed by atoms with Crippen LogP contribution in [0.15, 0.2) is 78.0 Å². The zero-order valence-electron chi connectivity index (χ0n) is 17.4. The van der Waals surface area contributed by atoms with Gasteiger partial charge in [0.25, 0.3) is 5.91 Å². The molecule has 0 radical (unpaired) electrons. The van der Waals surface area contributed by atoms with Crippen molar-refractivity contribution in [3.63, 3.8) is 0 Å². The molecular formula is C24H25N3O3S. The molecule has 1 aromatic heterocycles. The van der Waals surface area contributed by atoms with Gasteiger partial charge in [-0.3, -0.25) is 9.78 Å². The molecule has 2 heterocycles. The number of hydrogen-bond donors (Lipinski definition) is 1. The molecule has 1 aliphatic rings. The zero-order valence-corrected chi connectivity index (χ0v) is 18.2. The van der Waals surface area contributed by atoms with Gasteiger partial charge in [-0.1, -0.05) is 30.7 Å². The molecule has 1 fully saturated rings. The number of hydrogen-bond acceptors (Lipinski definition) is 4. The molecule has 0 aliphatic carbocycles. The molecule has 0 unspecified atom stereocenters. The minimum absolute atomic E-state index is 0.215. The Kier molecular flexibility index (Phi) is 6.15. The highest BCUT2D eigenvalue weighted by molar-refractivity contribution is 7.89. The van der Waals surface area contributed by atoms with Crippen molar-refractivity contribution in [1.29, 1.82) is 0 Å².